The second-order valence-electron chi connectivity index (χ2n) is 1.68. The van der Waals surface area contributed by atoms with E-state index < -0.39 is 0 Å². The summed E-state index contributed by atoms with van der Waals surface area (Å²) >= 11 is 0. The molecule has 0 radical (unpaired) electrons. The van der Waals surface area contributed by atoms with Crippen LogP contribution in [0.3, 0.4) is 0 Å². The number of ether oxygens (including phenoxy) is 1. The summed E-state index contributed by atoms with van der Waals surface area (Å²) in [6.45, 7) is 2.04. The second-order valence-corrected chi connectivity index (χ2v) is 1.68. The van der Waals surface area contributed by atoms with Crippen molar-refractivity contribution in [2.75, 3.05) is 7.11 Å². The second kappa shape index (κ2) is 8.73. The zero-order chi connectivity index (χ0) is 6.41. The molecule has 0 saturated heterocycles. The number of carbonyl (C=O) groups excluding carboxylic acids is 1. The molecular weight excluding hydrogens is 144 g/mol. The maximum Gasteiger partial charge on any atom is 2.00 e. The molecule has 0 saturated carbocycles. The molecule has 0 spiro atoms. The Labute approximate surface area is 88.9 Å². The molecule has 0 rings (SSSR count). The van der Waals surface area contributed by atoms with E-state index in [4.69, 9.17) is 0 Å². The van der Waals surface area contributed by atoms with E-state index in [9.17, 15) is 4.79 Å². The van der Waals surface area contributed by atoms with Crippen molar-refractivity contribution in [1.82, 2.24) is 0 Å². The van der Waals surface area contributed by atoms with Crippen LogP contribution >= 0.6 is 0 Å². The largest absolute Gasteiger partial charge is 2.00 e. The molecule has 0 amide bonds. The Morgan fingerprint density at radius 2 is 2.22 bits per heavy atom. The molecule has 0 unspecified atom stereocenters. The van der Waals surface area contributed by atoms with Crippen LogP contribution in [0.5, 0.6) is 0 Å². The van der Waals surface area contributed by atoms with Crippen molar-refractivity contribution < 1.29 is 12.4 Å². The van der Waals surface area contributed by atoms with Crippen LogP contribution in [0.2, 0.25) is 0 Å². The Morgan fingerprint density at radius 1 is 1.67 bits per heavy atom. The quantitative estimate of drug-likeness (QED) is 0.455. The monoisotopic (exact) mass is 158 g/mol. The fraction of sp³-hybridized carbons (Fsp3) is 0.833. The summed E-state index contributed by atoms with van der Waals surface area (Å²) in [6, 6.07) is 0. The van der Waals surface area contributed by atoms with E-state index in [1.165, 1.54) is 7.11 Å². The molecule has 0 N–H and O–H groups in total. The minimum atomic E-state index is -0.105. The van der Waals surface area contributed by atoms with Crippen LogP contribution in [0.4, 0.5) is 0 Å². The molecule has 0 aliphatic carbocycles. The van der Waals surface area contributed by atoms with Crippen LogP contribution < -0.4 is 0 Å². The van der Waals surface area contributed by atoms with Crippen LogP contribution in [0.15, 0.2) is 0 Å². The van der Waals surface area contributed by atoms with Crippen LogP contribution in [-0.2, 0) is 9.53 Å². The first-order valence-electron chi connectivity index (χ1n) is 2.88. The van der Waals surface area contributed by atoms with Gasteiger partial charge in [-0.05, 0) is 6.42 Å². The summed E-state index contributed by atoms with van der Waals surface area (Å²) in [5.41, 5.74) is 0. The van der Waals surface area contributed by atoms with E-state index in [0.29, 0.717) is 6.42 Å². The van der Waals surface area contributed by atoms with Gasteiger partial charge in [0.15, 0.2) is 0 Å². The number of hydrogen-bond donors (Lipinski definition) is 0. The summed E-state index contributed by atoms with van der Waals surface area (Å²) < 4.78 is 4.41. The number of rotatable bonds is 3. The first-order chi connectivity index (χ1) is 3.81. The van der Waals surface area contributed by atoms with Crippen molar-refractivity contribution in [1.29, 1.82) is 0 Å². The van der Waals surface area contributed by atoms with Crippen molar-refractivity contribution in [2.45, 2.75) is 26.2 Å². The van der Waals surface area contributed by atoms with Crippen LogP contribution in [0.25, 0.3) is 0 Å². The first kappa shape index (κ1) is 12.4. The average molecular weight is 158 g/mol. The fourth-order valence-corrected chi connectivity index (χ4v) is 0.423. The predicted molar refractivity (Wildman–Crippen MR) is 39.5 cm³/mol. The minimum absolute atomic E-state index is 0. The normalized spacial score (nSPS) is 7.78. The minimum Gasteiger partial charge on any atom is -1.00 e. The topological polar surface area (TPSA) is 26.3 Å². The Hall–Kier alpha value is 0.730. The molecule has 0 heterocycles. The average Bonchev–Trinajstić information content (AvgIpc) is 1.83. The smallest absolute Gasteiger partial charge is 1.00 e. The van der Waals surface area contributed by atoms with Crippen molar-refractivity contribution in [3.05, 3.63) is 0 Å². The summed E-state index contributed by atoms with van der Waals surface area (Å²) in [4.78, 5) is 10.3. The van der Waals surface area contributed by atoms with Gasteiger partial charge in [0.1, 0.15) is 0 Å². The van der Waals surface area contributed by atoms with Crippen LogP contribution in [0, 0.1) is 0 Å². The molecule has 0 aromatic rings. The predicted octanol–water partition coefficient (Wildman–Crippen LogP) is 1.19. The maximum atomic E-state index is 10.3. The number of esters is 1. The Kier molecular flexibility index (Phi) is 12.0. The number of unbranched alkanes of at least 4 members (excludes halogenated alkanes) is 1. The molecular formula is C6H14CaO2. The van der Waals surface area contributed by atoms with Gasteiger partial charge in [-0.15, -0.1) is 0 Å². The Morgan fingerprint density at radius 3 is 2.56 bits per heavy atom. The number of carbonyl (C=O) groups is 1. The molecule has 0 bridgehead atoms. The third-order valence-electron chi connectivity index (χ3n) is 0.962. The van der Waals surface area contributed by atoms with Crippen molar-refractivity contribution in [3.8, 4) is 0 Å². The Bertz CT molecular complexity index is 81.0. The van der Waals surface area contributed by atoms with Crippen molar-refractivity contribution in [2.24, 2.45) is 0 Å². The molecule has 52 valence electrons. The van der Waals surface area contributed by atoms with Crippen LogP contribution in [0.1, 0.15) is 29.0 Å². The van der Waals surface area contributed by atoms with E-state index in [-0.39, 0.29) is 46.6 Å². The summed E-state index contributed by atoms with van der Waals surface area (Å²) in [7, 11) is 1.41. The van der Waals surface area contributed by atoms with Gasteiger partial charge in [-0.25, -0.2) is 0 Å². The Balaban J connectivity index is -0.0000000817. The van der Waals surface area contributed by atoms with E-state index in [2.05, 4.69) is 4.74 Å². The van der Waals surface area contributed by atoms with E-state index in [1.807, 2.05) is 6.92 Å². The molecule has 0 aliphatic heterocycles. The number of hydrogen-bond acceptors (Lipinski definition) is 2. The summed E-state index contributed by atoms with van der Waals surface area (Å²) in [5, 5.41) is 0. The first-order valence-corrected chi connectivity index (χ1v) is 2.88. The van der Waals surface area contributed by atoms with Crippen molar-refractivity contribution in [3.63, 3.8) is 0 Å². The van der Waals surface area contributed by atoms with Gasteiger partial charge >= 0.3 is 43.7 Å². The van der Waals surface area contributed by atoms with Crippen LogP contribution in [-0.4, -0.2) is 50.8 Å². The van der Waals surface area contributed by atoms with E-state index in [0.717, 1.165) is 12.8 Å². The van der Waals surface area contributed by atoms with Gasteiger partial charge in [0.2, 0.25) is 0 Å². The molecule has 0 atom stereocenters. The molecule has 3 heteroatoms. The summed E-state index contributed by atoms with van der Waals surface area (Å²) in [5.74, 6) is -0.105. The molecule has 2 nitrogen and oxygen atoms in total. The fourth-order valence-electron chi connectivity index (χ4n) is 0.423. The van der Waals surface area contributed by atoms with E-state index in [1.54, 1.807) is 0 Å². The maximum absolute atomic E-state index is 10.3. The molecule has 0 aliphatic rings. The van der Waals surface area contributed by atoms with Gasteiger partial charge in [-0.3, -0.25) is 4.79 Å². The van der Waals surface area contributed by atoms with E-state index >= 15 is 0 Å². The van der Waals surface area contributed by atoms with Gasteiger partial charge in [-0.1, -0.05) is 13.3 Å². The van der Waals surface area contributed by atoms with Gasteiger partial charge in [-0.2, -0.15) is 0 Å². The van der Waals surface area contributed by atoms with Crippen molar-refractivity contribution >= 4 is 43.7 Å². The molecule has 9 heavy (non-hydrogen) atoms. The van der Waals surface area contributed by atoms with Gasteiger partial charge in [0, 0.05) is 6.42 Å². The van der Waals surface area contributed by atoms with Gasteiger partial charge < -0.3 is 7.59 Å². The molecule has 0 aromatic heterocycles. The zero-order valence-corrected chi connectivity index (χ0v) is 8.35. The SMILES string of the molecule is CCCCC(=O)OC.[Ca+2].[H-].[H-]. The number of methoxy groups -OCH3 is 1. The summed E-state index contributed by atoms with van der Waals surface area (Å²) in [6.07, 6.45) is 2.55. The third kappa shape index (κ3) is 8.73. The molecule has 0 aromatic carbocycles. The zero-order valence-electron chi connectivity index (χ0n) is 8.14. The third-order valence-corrected chi connectivity index (χ3v) is 0.962. The van der Waals surface area contributed by atoms with Gasteiger partial charge in [0.05, 0.1) is 7.11 Å². The van der Waals surface area contributed by atoms with Gasteiger partial charge in [0.25, 0.3) is 0 Å². The molecule has 0 fully saturated rings. The standard InChI is InChI=1S/C6H12O2.Ca.2H/c1-3-4-5-6(7)8-2;;;/h3-5H2,1-2H3;;;/q;+2;2*-1.